The molecule has 0 aliphatic carbocycles. The summed E-state index contributed by atoms with van der Waals surface area (Å²) in [6.45, 7) is 13.3. The Kier molecular flexibility index (Phi) is 4.90. The lowest BCUT2D eigenvalue weighted by atomic mass is 10.2. The highest BCUT2D eigenvalue weighted by molar-refractivity contribution is 6.74. The van der Waals surface area contributed by atoms with Crippen LogP contribution in [0.4, 0.5) is 0 Å². The fraction of sp³-hybridized carbons (Fsp3) is 0.400. The van der Waals surface area contributed by atoms with Crippen LogP contribution in [0.1, 0.15) is 41.5 Å². The summed E-state index contributed by atoms with van der Waals surface area (Å²) in [5.41, 5.74) is 0. The second-order valence-electron chi connectivity index (χ2n) is 7.95. The van der Waals surface area contributed by atoms with Crippen LogP contribution in [0.25, 0.3) is 0 Å². The Morgan fingerprint density at radius 2 is 0.870 bits per heavy atom. The first-order valence-electron chi connectivity index (χ1n) is 8.14. The third-order valence-electron chi connectivity index (χ3n) is 3.98. The van der Waals surface area contributed by atoms with E-state index in [0.29, 0.717) is 0 Å². The van der Waals surface area contributed by atoms with Gasteiger partial charge in [-0.3, -0.25) is 0 Å². The molecule has 0 radical (unpaired) electrons. The van der Waals surface area contributed by atoms with Crippen LogP contribution < -0.4 is 8.85 Å². The molecule has 0 N–H and O–H groups in total. The Balaban J connectivity index is 2.51. The molecule has 23 heavy (non-hydrogen) atoms. The molecule has 0 heterocycles. The standard InChI is InChI=1S/C20H28O2Si/c1-19(2,3)23(20(4,5)6,21-17-13-9-7-10-14-17)22-18-15-11-8-12-16-18/h7-16H,1-6H3. The van der Waals surface area contributed by atoms with Gasteiger partial charge in [0.1, 0.15) is 11.5 Å². The van der Waals surface area contributed by atoms with Gasteiger partial charge in [0.15, 0.2) is 0 Å². The normalized spacial score (nSPS) is 12.8. The van der Waals surface area contributed by atoms with Crippen molar-refractivity contribution in [2.45, 2.75) is 51.6 Å². The molecule has 0 spiro atoms. The zero-order valence-corrected chi connectivity index (χ0v) is 16.1. The fourth-order valence-corrected chi connectivity index (χ4v) is 7.52. The Morgan fingerprint density at radius 3 is 1.13 bits per heavy atom. The molecule has 0 aliphatic heterocycles. The highest BCUT2D eigenvalue weighted by Gasteiger charge is 2.62. The van der Waals surface area contributed by atoms with Crippen molar-refractivity contribution in [3.63, 3.8) is 0 Å². The van der Waals surface area contributed by atoms with Crippen LogP contribution in [0.3, 0.4) is 0 Å². The summed E-state index contributed by atoms with van der Waals surface area (Å²) in [6, 6.07) is 20.0. The Labute approximate surface area is 141 Å². The second kappa shape index (κ2) is 6.40. The van der Waals surface area contributed by atoms with E-state index in [4.69, 9.17) is 8.85 Å². The molecule has 0 aromatic heterocycles. The largest absolute Gasteiger partial charge is 0.511 e. The summed E-state index contributed by atoms with van der Waals surface area (Å²) in [4.78, 5) is 0. The van der Waals surface area contributed by atoms with Crippen molar-refractivity contribution in [1.82, 2.24) is 0 Å². The van der Waals surface area contributed by atoms with Gasteiger partial charge in [-0.15, -0.1) is 0 Å². The van der Waals surface area contributed by atoms with Crippen LogP contribution >= 0.6 is 0 Å². The van der Waals surface area contributed by atoms with E-state index in [-0.39, 0.29) is 10.1 Å². The van der Waals surface area contributed by atoms with E-state index in [0.717, 1.165) is 11.5 Å². The first-order chi connectivity index (χ1) is 10.7. The molecule has 0 unspecified atom stereocenters. The number of hydrogen-bond donors (Lipinski definition) is 0. The lowest BCUT2D eigenvalue weighted by Crippen LogP contribution is -2.62. The van der Waals surface area contributed by atoms with Gasteiger partial charge < -0.3 is 8.85 Å². The third kappa shape index (κ3) is 3.78. The predicted molar refractivity (Wildman–Crippen MR) is 99.3 cm³/mol. The molecule has 0 amide bonds. The van der Waals surface area contributed by atoms with Gasteiger partial charge in [-0.1, -0.05) is 77.9 Å². The number of rotatable bonds is 4. The zero-order valence-electron chi connectivity index (χ0n) is 15.1. The average molecular weight is 329 g/mol. The molecule has 3 heteroatoms. The highest BCUT2D eigenvalue weighted by Crippen LogP contribution is 2.52. The molecule has 2 aromatic carbocycles. The molecular weight excluding hydrogens is 300 g/mol. The molecule has 0 saturated carbocycles. The smallest absolute Gasteiger partial charge is 0.471 e. The zero-order chi connectivity index (χ0) is 17.1. The van der Waals surface area contributed by atoms with Crippen molar-refractivity contribution < 1.29 is 8.85 Å². The lowest BCUT2D eigenvalue weighted by molar-refractivity contribution is 0.294. The van der Waals surface area contributed by atoms with E-state index in [1.807, 2.05) is 60.7 Å². The van der Waals surface area contributed by atoms with E-state index in [1.165, 1.54) is 0 Å². The van der Waals surface area contributed by atoms with Gasteiger partial charge in [0.25, 0.3) is 0 Å². The minimum atomic E-state index is -2.68. The van der Waals surface area contributed by atoms with Gasteiger partial charge in [0.05, 0.1) is 0 Å². The molecule has 0 bridgehead atoms. The quantitative estimate of drug-likeness (QED) is 0.623. The first kappa shape index (κ1) is 17.6. The third-order valence-corrected chi connectivity index (χ3v) is 8.98. The maximum Gasteiger partial charge on any atom is 0.471 e. The van der Waals surface area contributed by atoms with Crippen molar-refractivity contribution in [1.29, 1.82) is 0 Å². The van der Waals surface area contributed by atoms with E-state index >= 15 is 0 Å². The molecule has 2 aromatic rings. The van der Waals surface area contributed by atoms with Crippen LogP contribution in [0.2, 0.25) is 10.1 Å². The molecule has 2 rings (SSSR count). The molecule has 124 valence electrons. The lowest BCUT2D eigenvalue weighted by Gasteiger charge is -2.48. The Morgan fingerprint density at radius 1 is 0.565 bits per heavy atom. The van der Waals surface area contributed by atoms with Gasteiger partial charge in [0, 0.05) is 10.1 Å². The summed E-state index contributed by atoms with van der Waals surface area (Å²) in [5, 5.41) is -0.201. The molecule has 0 fully saturated rings. The fourth-order valence-electron chi connectivity index (χ4n) is 3.07. The van der Waals surface area contributed by atoms with Gasteiger partial charge in [-0.25, -0.2) is 0 Å². The second-order valence-corrected chi connectivity index (χ2v) is 12.6. The molecule has 0 atom stereocenters. The highest BCUT2D eigenvalue weighted by atomic mass is 28.4. The van der Waals surface area contributed by atoms with Gasteiger partial charge in [-0.2, -0.15) is 0 Å². The van der Waals surface area contributed by atoms with Crippen LogP contribution in [-0.4, -0.2) is 8.56 Å². The Hall–Kier alpha value is -1.74. The van der Waals surface area contributed by atoms with Crippen LogP contribution in [0, 0.1) is 0 Å². The predicted octanol–water partition coefficient (Wildman–Crippen LogP) is 6.19. The molecule has 2 nitrogen and oxygen atoms in total. The summed E-state index contributed by atoms with van der Waals surface area (Å²) in [6.07, 6.45) is 0. The topological polar surface area (TPSA) is 18.5 Å². The van der Waals surface area contributed by atoms with Gasteiger partial charge in [-0.05, 0) is 24.3 Å². The molecule has 0 aliphatic rings. The van der Waals surface area contributed by atoms with Crippen molar-refractivity contribution in [3.05, 3.63) is 60.7 Å². The molecular formula is C20H28O2Si. The van der Waals surface area contributed by atoms with Crippen molar-refractivity contribution >= 4 is 8.56 Å². The van der Waals surface area contributed by atoms with Crippen molar-refractivity contribution in [2.24, 2.45) is 0 Å². The summed E-state index contributed by atoms with van der Waals surface area (Å²) >= 11 is 0. The minimum Gasteiger partial charge on any atom is -0.511 e. The molecule has 0 saturated heterocycles. The SMILES string of the molecule is CC(C)(C)[Si](Oc1ccccc1)(Oc1ccccc1)C(C)(C)C. The summed E-state index contributed by atoms with van der Waals surface area (Å²) in [7, 11) is -2.68. The van der Waals surface area contributed by atoms with Crippen molar-refractivity contribution in [3.8, 4) is 11.5 Å². The summed E-state index contributed by atoms with van der Waals surface area (Å²) < 4.78 is 13.3. The average Bonchev–Trinajstić information content (AvgIpc) is 2.46. The van der Waals surface area contributed by atoms with Crippen LogP contribution in [0.5, 0.6) is 11.5 Å². The minimum absolute atomic E-state index is 0.100. The Bertz CT molecular complexity index is 552. The maximum absolute atomic E-state index is 6.65. The van der Waals surface area contributed by atoms with Gasteiger partial charge >= 0.3 is 8.56 Å². The van der Waals surface area contributed by atoms with E-state index in [9.17, 15) is 0 Å². The maximum atomic E-state index is 6.65. The van der Waals surface area contributed by atoms with Crippen LogP contribution in [0.15, 0.2) is 60.7 Å². The number of benzene rings is 2. The number of para-hydroxylation sites is 2. The summed E-state index contributed by atoms with van der Waals surface area (Å²) in [5.74, 6) is 1.75. The monoisotopic (exact) mass is 328 g/mol. The number of hydrogen-bond acceptors (Lipinski definition) is 2. The first-order valence-corrected chi connectivity index (χ1v) is 9.95. The van der Waals surface area contributed by atoms with E-state index in [1.54, 1.807) is 0 Å². The van der Waals surface area contributed by atoms with Crippen LogP contribution in [-0.2, 0) is 0 Å². The van der Waals surface area contributed by atoms with E-state index in [2.05, 4.69) is 41.5 Å². The van der Waals surface area contributed by atoms with Crippen molar-refractivity contribution in [2.75, 3.05) is 0 Å². The van der Waals surface area contributed by atoms with E-state index < -0.39 is 8.56 Å². The van der Waals surface area contributed by atoms with Gasteiger partial charge in [0.2, 0.25) is 0 Å².